The van der Waals surface area contributed by atoms with Crippen molar-refractivity contribution >= 4 is 5.97 Å². The standard InChI is InChI=1S/C6H8N2O3/c1-4(6(10)11)8-3-5(9)2-7-8/h2-4,9H,1H3,(H,10,11)/t4-/m0/s1. The number of hydrogen-bond donors (Lipinski definition) is 2. The van der Waals surface area contributed by atoms with Crippen LogP contribution in [0, 0.1) is 0 Å². The highest BCUT2D eigenvalue weighted by molar-refractivity contribution is 5.71. The van der Waals surface area contributed by atoms with Gasteiger partial charge in [0.05, 0.1) is 12.4 Å². The molecule has 0 saturated heterocycles. The van der Waals surface area contributed by atoms with Gasteiger partial charge in [-0.2, -0.15) is 5.10 Å². The average molecular weight is 156 g/mol. The first-order chi connectivity index (χ1) is 5.11. The summed E-state index contributed by atoms with van der Waals surface area (Å²) < 4.78 is 1.18. The maximum Gasteiger partial charge on any atom is 0.328 e. The smallest absolute Gasteiger partial charge is 0.328 e. The van der Waals surface area contributed by atoms with Crippen molar-refractivity contribution in [1.29, 1.82) is 0 Å². The summed E-state index contributed by atoms with van der Waals surface area (Å²) in [5, 5.41) is 20.9. The molecule has 0 aliphatic carbocycles. The van der Waals surface area contributed by atoms with E-state index in [0.29, 0.717) is 0 Å². The fourth-order valence-electron chi connectivity index (χ4n) is 0.653. The van der Waals surface area contributed by atoms with Crippen LogP contribution in [0.5, 0.6) is 5.75 Å². The molecule has 0 aliphatic rings. The molecule has 0 fully saturated rings. The topological polar surface area (TPSA) is 75.3 Å². The summed E-state index contributed by atoms with van der Waals surface area (Å²) in [6, 6.07) is -0.740. The highest BCUT2D eigenvalue weighted by Gasteiger charge is 2.13. The molecular formula is C6H8N2O3. The van der Waals surface area contributed by atoms with Crippen molar-refractivity contribution in [2.45, 2.75) is 13.0 Å². The van der Waals surface area contributed by atoms with Crippen molar-refractivity contribution in [3.05, 3.63) is 12.4 Å². The molecule has 60 valence electrons. The first kappa shape index (κ1) is 7.59. The Morgan fingerprint density at radius 1 is 1.82 bits per heavy atom. The summed E-state index contributed by atoms with van der Waals surface area (Å²) in [5.41, 5.74) is 0. The number of rotatable bonds is 2. The number of carboxylic acids is 1. The van der Waals surface area contributed by atoms with Crippen LogP contribution in [-0.2, 0) is 4.79 Å². The number of hydrogen-bond acceptors (Lipinski definition) is 3. The number of aromatic nitrogens is 2. The normalized spacial score (nSPS) is 12.8. The predicted octanol–water partition coefficient (Wildman–Crippen LogP) is 0.234. The van der Waals surface area contributed by atoms with E-state index >= 15 is 0 Å². The summed E-state index contributed by atoms with van der Waals surface area (Å²) in [6.45, 7) is 1.48. The van der Waals surface area contributed by atoms with Crippen LogP contribution >= 0.6 is 0 Å². The molecule has 0 amide bonds. The minimum Gasteiger partial charge on any atom is -0.505 e. The van der Waals surface area contributed by atoms with Crippen LogP contribution < -0.4 is 0 Å². The summed E-state index contributed by atoms with van der Waals surface area (Å²) in [6.07, 6.45) is 2.46. The lowest BCUT2D eigenvalue weighted by atomic mass is 10.4. The van der Waals surface area contributed by atoms with Crippen LogP contribution in [0.3, 0.4) is 0 Å². The Balaban J connectivity index is 2.84. The van der Waals surface area contributed by atoms with Crippen LogP contribution in [0.4, 0.5) is 0 Å². The first-order valence-corrected chi connectivity index (χ1v) is 3.07. The van der Waals surface area contributed by atoms with Gasteiger partial charge in [0.2, 0.25) is 0 Å². The molecular weight excluding hydrogens is 148 g/mol. The third-order valence-electron chi connectivity index (χ3n) is 1.34. The summed E-state index contributed by atoms with van der Waals surface area (Å²) >= 11 is 0. The molecule has 0 spiro atoms. The van der Waals surface area contributed by atoms with Crippen molar-refractivity contribution in [2.75, 3.05) is 0 Å². The zero-order valence-corrected chi connectivity index (χ0v) is 5.93. The Hall–Kier alpha value is -1.52. The van der Waals surface area contributed by atoms with E-state index in [9.17, 15) is 4.79 Å². The molecule has 0 aromatic carbocycles. The minimum absolute atomic E-state index is 0.0295. The maximum absolute atomic E-state index is 10.4. The molecule has 0 unspecified atom stereocenters. The van der Waals surface area contributed by atoms with Gasteiger partial charge in [0.1, 0.15) is 6.04 Å². The van der Waals surface area contributed by atoms with Crippen molar-refractivity contribution in [3.8, 4) is 5.75 Å². The Bertz CT molecular complexity index is 269. The van der Waals surface area contributed by atoms with Crippen molar-refractivity contribution in [1.82, 2.24) is 9.78 Å². The molecule has 2 N–H and O–H groups in total. The monoisotopic (exact) mass is 156 g/mol. The zero-order chi connectivity index (χ0) is 8.43. The lowest BCUT2D eigenvalue weighted by molar-refractivity contribution is -0.140. The van der Waals surface area contributed by atoms with E-state index in [-0.39, 0.29) is 5.75 Å². The van der Waals surface area contributed by atoms with Gasteiger partial charge in [-0.1, -0.05) is 0 Å². The number of carbonyl (C=O) groups is 1. The minimum atomic E-state index is -0.979. The van der Waals surface area contributed by atoms with Crippen LogP contribution in [-0.4, -0.2) is 26.0 Å². The molecule has 1 rings (SSSR count). The summed E-state index contributed by atoms with van der Waals surface area (Å²) in [4.78, 5) is 10.4. The van der Waals surface area contributed by atoms with Gasteiger partial charge < -0.3 is 10.2 Å². The van der Waals surface area contributed by atoms with Crippen molar-refractivity contribution in [2.24, 2.45) is 0 Å². The highest BCUT2D eigenvalue weighted by Crippen LogP contribution is 2.10. The lowest BCUT2D eigenvalue weighted by Gasteiger charge is -2.04. The molecule has 1 aromatic rings. The average Bonchev–Trinajstić information content (AvgIpc) is 2.34. The summed E-state index contributed by atoms with van der Waals surface area (Å²) in [5.74, 6) is -1.01. The van der Waals surface area contributed by atoms with Gasteiger partial charge in [0.25, 0.3) is 0 Å². The molecule has 0 radical (unpaired) electrons. The van der Waals surface area contributed by atoms with Crippen molar-refractivity contribution < 1.29 is 15.0 Å². The largest absolute Gasteiger partial charge is 0.505 e. The molecule has 1 heterocycles. The van der Waals surface area contributed by atoms with E-state index in [1.54, 1.807) is 0 Å². The van der Waals surface area contributed by atoms with Crippen LogP contribution in [0.15, 0.2) is 12.4 Å². The van der Waals surface area contributed by atoms with E-state index < -0.39 is 12.0 Å². The second-order valence-corrected chi connectivity index (χ2v) is 2.19. The molecule has 1 atom stereocenters. The quantitative estimate of drug-likeness (QED) is 0.642. The summed E-state index contributed by atoms with van der Waals surface area (Å²) in [7, 11) is 0. The number of aromatic hydroxyl groups is 1. The molecule has 5 nitrogen and oxygen atoms in total. The van der Waals surface area contributed by atoms with Crippen molar-refractivity contribution in [3.63, 3.8) is 0 Å². The fourth-order valence-corrected chi connectivity index (χ4v) is 0.653. The van der Waals surface area contributed by atoms with Gasteiger partial charge in [0, 0.05) is 0 Å². The van der Waals surface area contributed by atoms with Gasteiger partial charge in [-0.25, -0.2) is 4.79 Å². The molecule has 11 heavy (non-hydrogen) atoms. The molecule has 0 bridgehead atoms. The van der Waals surface area contributed by atoms with E-state index in [4.69, 9.17) is 10.2 Å². The molecule has 0 saturated carbocycles. The van der Waals surface area contributed by atoms with E-state index in [1.165, 1.54) is 24.0 Å². The molecule has 5 heteroatoms. The Kier molecular flexibility index (Phi) is 1.80. The SMILES string of the molecule is C[C@@H](C(=O)O)n1cc(O)cn1. The predicted molar refractivity (Wildman–Crippen MR) is 36.2 cm³/mol. The van der Waals surface area contributed by atoms with Gasteiger partial charge in [-0.3, -0.25) is 4.68 Å². The molecule has 0 aliphatic heterocycles. The Labute approximate surface area is 62.9 Å². The molecule has 1 aromatic heterocycles. The van der Waals surface area contributed by atoms with Gasteiger partial charge in [-0.05, 0) is 6.92 Å². The second kappa shape index (κ2) is 2.61. The van der Waals surface area contributed by atoms with Gasteiger partial charge >= 0.3 is 5.97 Å². The second-order valence-electron chi connectivity index (χ2n) is 2.19. The van der Waals surface area contributed by atoms with E-state index in [0.717, 1.165) is 0 Å². The Morgan fingerprint density at radius 3 is 2.82 bits per heavy atom. The number of nitrogens with zero attached hydrogens (tertiary/aromatic N) is 2. The third kappa shape index (κ3) is 1.49. The number of carboxylic acid groups (broad SMARTS) is 1. The number of aliphatic carboxylic acids is 1. The fraction of sp³-hybridized carbons (Fsp3) is 0.333. The maximum atomic E-state index is 10.4. The van der Waals surface area contributed by atoms with E-state index in [2.05, 4.69) is 5.10 Å². The highest BCUT2D eigenvalue weighted by atomic mass is 16.4. The third-order valence-corrected chi connectivity index (χ3v) is 1.34. The van der Waals surface area contributed by atoms with Gasteiger partial charge in [0.15, 0.2) is 5.75 Å². The van der Waals surface area contributed by atoms with E-state index in [1.807, 2.05) is 0 Å². The lowest BCUT2D eigenvalue weighted by Crippen LogP contribution is -2.15. The van der Waals surface area contributed by atoms with Crippen LogP contribution in [0.1, 0.15) is 13.0 Å². The van der Waals surface area contributed by atoms with Gasteiger partial charge in [-0.15, -0.1) is 0 Å². The first-order valence-electron chi connectivity index (χ1n) is 3.07. The zero-order valence-electron chi connectivity index (χ0n) is 5.93. The Morgan fingerprint density at radius 2 is 2.45 bits per heavy atom. The van der Waals surface area contributed by atoms with Crippen LogP contribution in [0.25, 0.3) is 0 Å². The van der Waals surface area contributed by atoms with Crippen LogP contribution in [0.2, 0.25) is 0 Å².